The van der Waals surface area contributed by atoms with Crippen molar-refractivity contribution in [3.05, 3.63) is 41.2 Å². The molecule has 1 atom stereocenters. The van der Waals surface area contributed by atoms with Gasteiger partial charge in [0.15, 0.2) is 5.82 Å². The maximum atomic E-state index is 13.4. The minimum absolute atomic E-state index is 0.0918. The van der Waals surface area contributed by atoms with Gasteiger partial charge in [0.25, 0.3) is 0 Å². The fraction of sp³-hybridized carbons (Fsp3) is 0.586. The van der Waals surface area contributed by atoms with Gasteiger partial charge in [-0.15, -0.1) is 5.10 Å². The number of ether oxygens (including phenoxy) is 1. The van der Waals surface area contributed by atoms with E-state index in [0.29, 0.717) is 11.8 Å². The van der Waals surface area contributed by atoms with Gasteiger partial charge in [-0.25, -0.2) is 4.68 Å². The molecule has 3 aliphatic heterocycles. The molecule has 0 N–H and O–H groups in total. The Morgan fingerprint density at radius 3 is 2.42 bits per heavy atom. The third-order valence-corrected chi connectivity index (χ3v) is 8.62. The summed E-state index contributed by atoms with van der Waals surface area (Å²) in [4.78, 5) is 20.3. The molecule has 9 nitrogen and oxygen atoms in total. The third-order valence-electron chi connectivity index (χ3n) is 8.62. The molecule has 1 aromatic carbocycles. The quantitative estimate of drug-likeness (QED) is 0.514. The van der Waals surface area contributed by atoms with Crippen molar-refractivity contribution in [1.29, 1.82) is 0 Å². The standard InChI is InChI=1S/C29H39N7O2/c1-20-4-6-25(7-5-20)36-22(3)26-21(2)30-31-28(27(26)32-36)34-12-9-24(10-13-34)29(37)35-11-8-23(19-35)18-33-14-16-38-17-15-33/h4-7,23-24H,8-19H2,1-3H3. The maximum absolute atomic E-state index is 13.4. The van der Waals surface area contributed by atoms with E-state index >= 15 is 0 Å². The van der Waals surface area contributed by atoms with Crippen molar-refractivity contribution in [3.8, 4) is 5.69 Å². The van der Waals surface area contributed by atoms with Crippen LogP contribution in [0.15, 0.2) is 24.3 Å². The molecule has 0 bridgehead atoms. The van der Waals surface area contributed by atoms with Gasteiger partial charge in [-0.2, -0.15) is 10.2 Å². The zero-order chi connectivity index (χ0) is 26.2. The predicted octanol–water partition coefficient (Wildman–Crippen LogP) is 3.14. The van der Waals surface area contributed by atoms with Crippen LogP contribution in [-0.4, -0.2) is 94.7 Å². The molecule has 2 aromatic heterocycles. The Bertz CT molecular complexity index is 1290. The Hall–Kier alpha value is -3.04. The van der Waals surface area contributed by atoms with Crippen LogP contribution in [0.3, 0.4) is 0 Å². The molecular formula is C29H39N7O2. The number of morpholine rings is 1. The van der Waals surface area contributed by atoms with Crippen LogP contribution in [0.4, 0.5) is 5.82 Å². The molecule has 0 spiro atoms. The van der Waals surface area contributed by atoms with Crippen molar-refractivity contribution >= 4 is 22.6 Å². The summed E-state index contributed by atoms with van der Waals surface area (Å²) in [5, 5.41) is 15.2. The Labute approximate surface area is 224 Å². The second kappa shape index (κ2) is 10.6. The number of anilines is 1. The highest BCUT2D eigenvalue weighted by Gasteiger charge is 2.34. The molecule has 0 aliphatic carbocycles. The molecule has 0 radical (unpaired) electrons. The fourth-order valence-electron chi connectivity index (χ4n) is 6.39. The molecule has 202 valence electrons. The molecule has 3 aliphatic rings. The van der Waals surface area contributed by atoms with Crippen molar-refractivity contribution < 1.29 is 9.53 Å². The number of fused-ring (bicyclic) bond motifs is 1. The van der Waals surface area contributed by atoms with Crippen molar-refractivity contribution in [2.75, 3.05) is 63.9 Å². The molecule has 38 heavy (non-hydrogen) atoms. The van der Waals surface area contributed by atoms with E-state index in [1.54, 1.807) is 0 Å². The Kier molecular flexibility index (Phi) is 7.05. The van der Waals surface area contributed by atoms with Gasteiger partial charge in [-0.05, 0) is 58.1 Å². The molecule has 3 aromatic rings. The van der Waals surface area contributed by atoms with E-state index in [1.807, 2.05) is 11.6 Å². The van der Waals surface area contributed by atoms with Gasteiger partial charge in [0.1, 0.15) is 5.52 Å². The van der Waals surface area contributed by atoms with Gasteiger partial charge < -0.3 is 14.5 Å². The van der Waals surface area contributed by atoms with Crippen molar-refractivity contribution in [2.45, 2.75) is 40.0 Å². The van der Waals surface area contributed by atoms with Gasteiger partial charge in [-0.3, -0.25) is 9.69 Å². The SMILES string of the molecule is Cc1ccc(-n2nc3c(N4CCC(C(=O)N5CCC(CN6CCOCC6)C5)CC4)nnc(C)c3c2C)cc1. The number of aryl methyl sites for hydroxylation is 3. The number of hydrogen-bond acceptors (Lipinski definition) is 7. The molecule has 0 saturated carbocycles. The lowest BCUT2D eigenvalue weighted by atomic mass is 9.95. The number of piperidine rings is 1. The minimum atomic E-state index is 0.0918. The molecule has 5 heterocycles. The Morgan fingerprint density at radius 2 is 1.68 bits per heavy atom. The summed E-state index contributed by atoms with van der Waals surface area (Å²) in [6.45, 7) is 14.4. The second-order valence-corrected chi connectivity index (χ2v) is 11.3. The number of hydrogen-bond donors (Lipinski definition) is 0. The first kappa shape index (κ1) is 25.2. The topological polar surface area (TPSA) is 79.6 Å². The third kappa shape index (κ3) is 4.89. The normalized spacial score (nSPS) is 21.5. The fourth-order valence-corrected chi connectivity index (χ4v) is 6.39. The van der Waals surface area contributed by atoms with Crippen LogP contribution in [0.5, 0.6) is 0 Å². The van der Waals surface area contributed by atoms with Gasteiger partial charge >= 0.3 is 0 Å². The van der Waals surface area contributed by atoms with E-state index in [4.69, 9.17) is 9.84 Å². The van der Waals surface area contributed by atoms with Crippen LogP contribution in [0, 0.1) is 32.6 Å². The number of carbonyl (C=O) groups excluding carboxylic acids is 1. The largest absolute Gasteiger partial charge is 0.379 e. The van der Waals surface area contributed by atoms with Gasteiger partial charge in [0, 0.05) is 51.7 Å². The monoisotopic (exact) mass is 517 g/mol. The summed E-state index contributed by atoms with van der Waals surface area (Å²) in [6.07, 6.45) is 2.80. The lowest BCUT2D eigenvalue weighted by Gasteiger charge is -2.34. The van der Waals surface area contributed by atoms with Crippen LogP contribution in [0.2, 0.25) is 0 Å². The average molecular weight is 518 g/mol. The van der Waals surface area contributed by atoms with Gasteiger partial charge in [0.05, 0.1) is 35.7 Å². The van der Waals surface area contributed by atoms with Crippen molar-refractivity contribution in [2.24, 2.45) is 11.8 Å². The first-order valence-electron chi connectivity index (χ1n) is 14.1. The summed E-state index contributed by atoms with van der Waals surface area (Å²) in [7, 11) is 0. The number of carbonyl (C=O) groups is 1. The highest BCUT2D eigenvalue weighted by molar-refractivity contribution is 5.92. The number of amides is 1. The van der Waals surface area contributed by atoms with E-state index in [-0.39, 0.29) is 5.92 Å². The number of benzene rings is 1. The summed E-state index contributed by atoms with van der Waals surface area (Å²) >= 11 is 0. The number of likely N-dealkylation sites (tertiary alicyclic amines) is 1. The number of rotatable bonds is 5. The summed E-state index contributed by atoms with van der Waals surface area (Å²) in [5.41, 5.74) is 5.12. The summed E-state index contributed by atoms with van der Waals surface area (Å²) in [5.74, 6) is 1.85. The second-order valence-electron chi connectivity index (χ2n) is 11.3. The number of aromatic nitrogens is 4. The number of nitrogens with zero attached hydrogens (tertiary/aromatic N) is 7. The maximum Gasteiger partial charge on any atom is 0.225 e. The van der Waals surface area contributed by atoms with Crippen LogP contribution in [0.1, 0.15) is 36.2 Å². The van der Waals surface area contributed by atoms with Crippen molar-refractivity contribution in [1.82, 2.24) is 29.8 Å². The van der Waals surface area contributed by atoms with Crippen LogP contribution < -0.4 is 4.90 Å². The predicted molar refractivity (Wildman–Crippen MR) is 148 cm³/mol. The molecular weight excluding hydrogens is 478 g/mol. The van der Waals surface area contributed by atoms with E-state index in [0.717, 1.165) is 112 Å². The molecule has 3 fully saturated rings. The van der Waals surface area contributed by atoms with E-state index in [1.165, 1.54) is 5.56 Å². The molecule has 6 rings (SSSR count). The van der Waals surface area contributed by atoms with Crippen LogP contribution >= 0.6 is 0 Å². The van der Waals surface area contributed by atoms with Gasteiger partial charge in [0.2, 0.25) is 5.91 Å². The van der Waals surface area contributed by atoms with Gasteiger partial charge in [-0.1, -0.05) is 17.7 Å². The van der Waals surface area contributed by atoms with E-state index in [9.17, 15) is 4.79 Å². The summed E-state index contributed by atoms with van der Waals surface area (Å²) in [6, 6.07) is 8.42. The van der Waals surface area contributed by atoms with Crippen LogP contribution in [0.25, 0.3) is 16.6 Å². The lowest BCUT2D eigenvalue weighted by molar-refractivity contribution is -0.135. The van der Waals surface area contributed by atoms with E-state index < -0.39 is 0 Å². The Morgan fingerprint density at radius 1 is 0.947 bits per heavy atom. The molecule has 3 saturated heterocycles. The lowest BCUT2D eigenvalue weighted by Crippen LogP contribution is -2.43. The molecule has 9 heteroatoms. The minimum Gasteiger partial charge on any atom is -0.379 e. The van der Waals surface area contributed by atoms with E-state index in [2.05, 4.69) is 63.0 Å². The first-order chi connectivity index (χ1) is 18.5. The smallest absolute Gasteiger partial charge is 0.225 e. The molecule has 1 amide bonds. The summed E-state index contributed by atoms with van der Waals surface area (Å²) < 4.78 is 7.48. The van der Waals surface area contributed by atoms with Crippen molar-refractivity contribution in [3.63, 3.8) is 0 Å². The zero-order valence-electron chi connectivity index (χ0n) is 22.9. The Balaban J connectivity index is 1.12. The highest BCUT2D eigenvalue weighted by Crippen LogP contribution is 2.32. The molecule has 1 unspecified atom stereocenters. The zero-order valence-corrected chi connectivity index (χ0v) is 22.9. The first-order valence-corrected chi connectivity index (χ1v) is 14.1. The highest BCUT2D eigenvalue weighted by atomic mass is 16.5. The average Bonchev–Trinajstić information content (AvgIpc) is 3.55. The van der Waals surface area contributed by atoms with Crippen LogP contribution in [-0.2, 0) is 9.53 Å².